The molecule has 1 saturated heterocycles. The summed E-state index contributed by atoms with van der Waals surface area (Å²) in [5, 5.41) is 14.4. The van der Waals surface area contributed by atoms with Crippen LogP contribution in [0, 0.1) is 0 Å². The molecule has 1 aromatic heterocycles. The zero-order chi connectivity index (χ0) is 25.9. The molecule has 8 nitrogen and oxygen atoms in total. The zero-order valence-corrected chi connectivity index (χ0v) is 21.4. The van der Waals surface area contributed by atoms with Crippen LogP contribution < -0.4 is 10.1 Å². The lowest BCUT2D eigenvalue weighted by atomic mass is 10.0. The lowest BCUT2D eigenvalue weighted by molar-refractivity contribution is -0.132. The third-order valence-electron chi connectivity index (χ3n) is 6.56. The Morgan fingerprint density at radius 2 is 1.97 bits per heavy atom. The fourth-order valence-corrected chi connectivity index (χ4v) is 4.61. The number of hydrogen-bond acceptors (Lipinski definition) is 7. The molecule has 2 N–H and O–H groups in total. The Morgan fingerprint density at radius 3 is 2.73 bits per heavy atom. The van der Waals surface area contributed by atoms with Gasteiger partial charge in [0.1, 0.15) is 11.5 Å². The Balaban J connectivity index is 1.20. The van der Waals surface area contributed by atoms with E-state index >= 15 is 0 Å². The number of carbonyl (C=O) groups excluding carboxylic acids is 1. The molecule has 0 unspecified atom stereocenters. The van der Waals surface area contributed by atoms with Crippen LogP contribution in [-0.4, -0.2) is 70.6 Å². The second-order valence-electron chi connectivity index (χ2n) is 9.32. The van der Waals surface area contributed by atoms with Gasteiger partial charge in [-0.15, -0.1) is 0 Å². The summed E-state index contributed by atoms with van der Waals surface area (Å²) in [6.45, 7) is 1.54. The van der Waals surface area contributed by atoms with E-state index in [1.807, 2.05) is 61.5 Å². The quantitative estimate of drug-likeness (QED) is 0.359. The fourth-order valence-electron chi connectivity index (χ4n) is 4.39. The van der Waals surface area contributed by atoms with Crippen molar-refractivity contribution in [3.8, 4) is 22.6 Å². The molecule has 0 bridgehead atoms. The first-order chi connectivity index (χ1) is 17.9. The van der Waals surface area contributed by atoms with Crippen molar-refractivity contribution in [1.82, 2.24) is 19.8 Å². The highest BCUT2D eigenvalue weighted by Crippen LogP contribution is 2.32. The monoisotopic (exact) mass is 517 g/mol. The highest BCUT2D eigenvalue weighted by atomic mass is 35.5. The maximum absolute atomic E-state index is 12.5. The van der Waals surface area contributed by atoms with Crippen LogP contribution in [0.5, 0.6) is 11.5 Å². The number of aromatic hydroxyl groups is 1. The van der Waals surface area contributed by atoms with Gasteiger partial charge in [0.2, 0.25) is 5.95 Å². The van der Waals surface area contributed by atoms with Gasteiger partial charge in [-0.3, -0.25) is 4.79 Å². The number of likely N-dealkylation sites (tertiary alicyclic amines) is 1. The predicted octanol–water partition coefficient (Wildman–Crippen LogP) is 4.94. The second kappa shape index (κ2) is 10.6. The van der Waals surface area contributed by atoms with Crippen molar-refractivity contribution in [2.45, 2.75) is 12.5 Å². The summed E-state index contributed by atoms with van der Waals surface area (Å²) in [4.78, 5) is 25.5. The minimum atomic E-state index is 0.00519. The first-order valence-electron chi connectivity index (χ1n) is 12.1. The Morgan fingerprint density at radius 1 is 1.16 bits per heavy atom. The second-order valence-corrected chi connectivity index (χ2v) is 9.72. The molecule has 0 saturated carbocycles. The molecule has 0 aliphatic carbocycles. The minimum Gasteiger partial charge on any atom is -0.508 e. The van der Waals surface area contributed by atoms with Gasteiger partial charge in [0.15, 0.2) is 6.61 Å². The molecular weight excluding hydrogens is 490 g/mol. The Kier molecular flexibility index (Phi) is 7.12. The van der Waals surface area contributed by atoms with Gasteiger partial charge >= 0.3 is 0 Å². The van der Waals surface area contributed by atoms with E-state index in [9.17, 15) is 9.90 Å². The number of phenols is 1. The number of phenolic OH excluding ortho intramolecular Hbond substituents is 1. The Hall–Kier alpha value is -3.88. The molecule has 9 heteroatoms. The third-order valence-corrected chi connectivity index (χ3v) is 6.89. The minimum absolute atomic E-state index is 0.00519. The van der Waals surface area contributed by atoms with Crippen LogP contribution in [-0.2, 0) is 4.79 Å². The van der Waals surface area contributed by atoms with Gasteiger partial charge in [-0.25, -0.2) is 9.97 Å². The number of rotatable bonds is 7. The molecule has 4 aromatic rings. The van der Waals surface area contributed by atoms with Crippen molar-refractivity contribution in [2.24, 2.45) is 0 Å². The number of carbonyl (C=O) groups is 1. The van der Waals surface area contributed by atoms with Crippen molar-refractivity contribution in [1.29, 1.82) is 0 Å². The lowest BCUT2D eigenvalue weighted by Crippen LogP contribution is -2.36. The van der Waals surface area contributed by atoms with Gasteiger partial charge in [0.25, 0.3) is 5.91 Å². The van der Waals surface area contributed by atoms with E-state index in [0.29, 0.717) is 22.8 Å². The average molecular weight is 518 g/mol. The van der Waals surface area contributed by atoms with Gasteiger partial charge in [0, 0.05) is 47.0 Å². The SMILES string of the molecule is CN(C)[C@@H]1CCN(C(=O)COc2ccc(Nc3ncc4cc(-c5cc(O)ccc5Cl)ccc4n3)cc2)C1. The first kappa shape index (κ1) is 24.8. The number of benzene rings is 3. The van der Waals surface area contributed by atoms with Crippen LogP contribution >= 0.6 is 11.6 Å². The summed E-state index contributed by atoms with van der Waals surface area (Å²) in [7, 11) is 4.08. The Labute approximate surface area is 220 Å². The van der Waals surface area contributed by atoms with E-state index in [0.717, 1.165) is 47.2 Å². The average Bonchev–Trinajstić information content (AvgIpc) is 3.40. The maximum atomic E-state index is 12.5. The van der Waals surface area contributed by atoms with Crippen LogP contribution in [0.25, 0.3) is 22.0 Å². The number of nitrogens with one attached hydrogen (secondary N) is 1. The van der Waals surface area contributed by atoms with Crippen molar-refractivity contribution in [3.05, 3.63) is 71.9 Å². The number of ether oxygens (including phenoxy) is 1. The van der Waals surface area contributed by atoms with E-state index in [4.69, 9.17) is 16.3 Å². The van der Waals surface area contributed by atoms with Gasteiger partial charge in [-0.1, -0.05) is 17.7 Å². The normalized spacial score (nSPS) is 15.4. The van der Waals surface area contributed by atoms with Crippen LogP contribution in [0.3, 0.4) is 0 Å². The van der Waals surface area contributed by atoms with Crippen molar-refractivity contribution in [2.75, 3.05) is 39.1 Å². The highest BCUT2D eigenvalue weighted by molar-refractivity contribution is 6.33. The predicted molar refractivity (Wildman–Crippen MR) is 146 cm³/mol. The summed E-state index contributed by atoms with van der Waals surface area (Å²) >= 11 is 6.31. The summed E-state index contributed by atoms with van der Waals surface area (Å²) in [6, 6.07) is 18.4. The number of nitrogens with zero attached hydrogens (tertiary/aromatic N) is 4. The smallest absolute Gasteiger partial charge is 0.260 e. The van der Waals surface area contributed by atoms with Crippen molar-refractivity contribution < 1.29 is 14.6 Å². The maximum Gasteiger partial charge on any atom is 0.260 e. The fraction of sp³-hybridized carbons (Fsp3) is 0.250. The van der Waals surface area contributed by atoms with Crippen molar-refractivity contribution >= 4 is 40.0 Å². The Bertz CT molecular complexity index is 1430. The lowest BCUT2D eigenvalue weighted by Gasteiger charge is -2.20. The standard InChI is InChI=1S/C28H28ClN5O3/c1-33(2)21-11-12-34(16-21)27(36)17-37-23-7-4-20(5-8-23)31-28-30-15-19-13-18(3-10-26(19)32-28)24-14-22(35)6-9-25(24)29/h3-10,13-15,21,35H,11-12,16-17H2,1-2H3,(H,30,31,32)/t21-/m1/s1. The van der Waals surface area contributed by atoms with Gasteiger partial charge in [0.05, 0.1) is 5.52 Å². The molecule has 3 aromatic carbocycles. The molecule has 1 fully saturated rings. The molecule has 190 valence electrons. The molecule has 0 radical (unpaired) electrons. The highest BCUT2D eigenvalue weighted by Gasteiger charge is 2.27. The molecule has 1 aliphatic rings. The molecular formula is C28H28ClN5O3. The van der Waals surface area contributed by atoms with E-state index in [1.165, 1.54) is 0 Å². The largest absolute Gasteiger partial charge is 0.508 e. The molecule has 0 spiro atoms. The van der Waals surface area contributed by atoms with E-state index in [2.05, 4.69) is 20.2 Å². The molecule has 37 heavy (non-hydrogen) atoms. The van der Waals surface area contributed by atoms with Crippen LogP contribution in [0.1, 0.15) is 6.42 Å². The van der Waals surface area contributed by atoms with E-state index in [-0.39, 0.29) is 18.3 Å². The third kappa shape index (κ3) is 5.76. The van der Waals surface area contributed by atoms with E-state index < -0.39 is 0 Å². The molecule has 1 amide bonds. The van der Waals surface area contributed by atoms with Crippen LogP contribution in [0.15, 0.2) is 66.9 Å². The molecule has 5 rings (SSSR count). The van der Waals surface area contributed by atoms with Gasteiger partial charge in [-0.05, 0) is 80.7 Å². The number of anilines is 2. The first-order valence-corrected chi connectivity index (χ1v) is 12.4. The summed E-state index contributed by atoms with van der Waals surface area (Å²) in [5.74, 6) is 1.25. The van der Waals surface area contributed by atoms with Crippen LogP contribution in [0.4, 0.5) is 11.6 Å². The summed E-state index contributed by atoms with van der Waals surface area (Å²) in [6.07, 6.45) is 2.73. The van der Waals surface area contributed by atoms with Crippen LogP contribution in [0.2, 0.25) is 5.02 Å². The number of halogens is 1. The number of likely N-dealkylation sites (N-methyl/N-ethyl adjacent to an activating group) is 1. The number of amides is 1. The van der Waals surface area contributed by atoms with Crippen molar-refractivity contribution in [3.63, 3.8) is 0 Å². The topological polar surface area (TPSA) is 90.8 Å². The molecule has 2 heterocycles. The zero-order valence-electron chi connectivity index (χ0n) is 20.7. The summed E-state index contributed by atoms with van der Waals surface area (Å²) < 4.78 is 5.71. The number of aromatic nitrogens is 2. The van der Waals surface area contributed by atoms with E-state index in [1.54, 1.807) is 24.4 Å². The molecule has 1 atom stereocenters. The summed E-state index contributed by atoms with van der Waals surface area (Å²) in [5.41, 5.74) is 3.19. The van der Waals surface area contributed by atoms with Gasteiger partial charge in [-0.2, -0.15) is 0 Å². The number of fused-ring (bicyclic) bond motifs is 1. The number of hydrogen-bond donors (Lipinski definition) is 2. The molecule has 1 aliphatic heterocycles. The van der Waals surface area contributed by atoms with Gasteiger partial charge < -0.3 is 25.0 Å².